The Balaban J connectivity index is 0.000000141. The molecule has 0 N–H and O–H groups in total. The van der Waals surface area contributed by atoms with Crippen molar-refractivity contribution in [1.29, 1.82) is 0 Å². The Morgan fingerprint density at radius 2 is 0.500 bits per heavy atom. The van der Waals surface area contributed by atoms with Gasteiger partial charge in [-0.15, -0.1) is 0 Å². The minimum atomic E-state index is -0.224. The van der Waals surface area contributed by atoms with Gasteiger partial charge < -0.3 is 19.6 Å². The van der Waals surface area contributed by atoms with Crippen LogP contribution in [0, 0.1) is 13.8 Å². The molecule has 10 aliphatic rings. The number of hydrogen-bond donors (Lipinski definition) is 0. The highest BCUT2D eigenvalue weighted by Crippen LogP contribution is 2.69. The zero-order valence-electron chi connectivity index (χ0n) is 83.8. The second kappa shape index (κ2) is 30.0. The number of nitrogens with zero attached hydrogens (tertiary/aromatic N) is 8. The van der Waals surface area contributed by atoms with Gasteiger partial charge in [-0.1, -0.05) is 277 Å². The molecule has 6 aliphatic carbocycles. The molecule has 4 saturated carbocycles. The monoisotopic (exact) mass is 1820 g/mol. The minimum Gasteiger partial charge on any atom is -0.334 e. The number of pyridine rings is 4. The Hall–Kier alpha value is -13.6. The Morgan fingerprint density at radius 3 is 0.850 bits per heavy atom. The summed E-state index contributed by atoms with van der Waals surface area (Å²) < 4.78 is 0. The van der Waals surface area contributed by atoms with Crippen LogP contribution in [-0.2, 0) is 32.5 Å². The first-order valence-corrected chi connectivity index (χ1v) is 52.3. The summed E-state index contributed by atoms with van der Waals surface area (Å²) in [7, 11) is 0. The summed E-state index contributed by atoms with van der Waals surface area (Å²) in [5.74, 6) is 2.16. The maximum Gasteiger partial charge on any atom is 0.141 e. The number of hydrogen-bond acceptors (Lipinski definition) is 8. The molecule has 8 atom stereocenters. The van der Waals surface area contributed by atoms with E-state index in [9.17, 15) is 0 Å². The lowest BCUT2D eigenvalue weighted by Crippen LogP contribution is -2.54. The van der Waals surface area contributed by atoms with Crippen LogP contribution >= 0.6 is 0 Å². The number of rotatable bonds is 8. The first kappa shape index (κ1) is 85.6. The van der Waals surface area contributed by atoms with E-state index in [1.165, 1.54) is 300 Å². The minimum absolute atomic E-state index is 0.0000211. The standard InChI is InChI=1S/C69H62N4.C63H62N4/c1-65(2)56-40-46(48-26-30-60-58(42-48)67(4)34-14-16-36-69(67,6)73(60)64-50-20-10-8-18-44(50)32-38-71-64)24-28-54(56)61-52-22-12-11-21-51(52)55-39-45(23-27-53(55)62(61)65)47-25-29-59-57(41-47)66(3)33-13-15-35-68(66,5)72(59)63-49-19-9-7-17-43(49)31-37-70-63;1-39-33-45(25-31-64-39)66-55-23-19-43(37-53(55)60(5)27-11-13-29-62(60,66)7)41-17-21-49-51(35-41)47-15-9-10-16-48(47)57-50-22-18-42(36-52(50)59(3,4)58(49)57)44-20-24-56-54(38-44)61(6)28-12-14-30-63(61,8)67(56)46-26-32-65-40(2)34-46/h7-12,17-32,37-42H,13-16,33-36H2,1-6H3;9-10,15-26,31-38H,11-14,27-30H2,1-8H3. The normalized spacial score (nSPS) is 24.9. The van der Waals surface area contributed by atoms with Gasteiger partial charge in [0.1, 0.15) is 11.6 Å². The predicted molar refractivity (Wildman–Crippen MR) is 587 cm³/mol. The van der Waals surface area contributed by atoms with Gasteiger partial charge in [-0.2, -0.15) is 0 Å². The van der Waals surface area contributed by atoms with Crippen LogP contribution in [0.3, 0.4) is 0 Å². The zero-order valence-corrected chi connectivity index (χ0v) is 83.8. The van der Waals surface area contributed by atoms with Gasteiger partial charge >= 0.3 is 0 Å². The van der Waals surface area contributed by atoms with E-state index in [1.807, 2.05) is 24.8 Å². The molecule has 8 heterocycles. The van der Waals surface area contributed by atoms with E-state index >= 15 is 0 Å². The molecule has 8 unspecified atom stereocenters. The number of aromatic nitrogens is 4. The van der Waals surface area contributed by atoms with Gasteiger partial charge in [-0.25, -0.2) is 9.97 Å². The molecule has 4 fully saturated rings. The van der Waals surface area contributed by atoms with E-state index in [0.717, 1.165) is 35.9 Å². The van der Waals surface area contributed by atoms with Crippen molar-refractivity contribution >= 4 is 110 Å². The van der Waals surface area contributed by atoms with Gasteiger partial charge in [-0.3, -0.25) is 9.97 Å². The average Bonchev–Trinajstić information content (AvgIpc) is 1.42. The third-order valence-electron chi connectivity index (χ3n) is 39.0. The molecule has 140 heavy (non-hydrogen) atoms. The number of anilines is 8. The highest BCUT2D eigenvalue weighted by Gasteiger charge is 2.63. The topological polar surface area (TPSA) is 64.5 Å². The van der Waals surface area contributed by atoms with Crippen molar-refractivity contribution in [2.24, 2.45) is 0 Å². The first-order chi connectivity index (χ1) is 67.7. The summed E-state index contributed by atoms with van der Waals surface area (Å²) in [5, 5.41) is 15.6. The molecule has 0 spiro atoms. The molecule has 8 nitrogen and oxygen atoms in total. The number of aryl methyl sites for hydroxylation is 2. The van der Waals surface area contributed by atoms with Gasteiger partial charge in [0.25, 0.3) is 0 Å². The third kappa shape index (κ3) is 11.5. The molecule has 0 amide bonds. The van der Waals surface area contributed by atoms with Crippen molar-refractivity contribution in [3.8, 4) is 66.8 Å². The Bertz CT molecular complexity index is 8390. The van der Waals surface area contributed by atoms with Crippen LogP contribution in [0.2, 0.25) is 0 Å². The van der Waals surface area contributed by atoms with E-state index in [2.05, 4.69) is 406 Å². The van der Waals surface area contributed by atoms with Crippen LogP contribution in [0.1, 0.15) is 242 Å². The zero-order chi connectivity index (χ0) is 95.1. The van der Waals surface area contributed by atoms with Crippen LogP contribution in [-0.4, -0.2) is 42.1 Å². The molecular weight excluding hydrogens is 1700 g/mol. The quantitative estimate of drug-likeness (QED) is 0.139. The van der Waals surface area contributed by atoms with Crippen LogP contribution in [0.15, 0.2) is 304 Å². The van der Waals surface area contributed by atoms with Crippen LogP contribution in [0.5, 0.6) is 0 Å². The lowest BCUT2D eigenvalue weighted by molar-refractivity contribution is 0.194. The lowest BCUT2D eigenvalue weighted by Gasteiger charge is -2.50. The average molecular weight is 1820 g/mol. The highest BCUT2D eigenvalue weighted by atomic mass is 15.3. The van der Waals surface area contributed by atoms with Crippen molar-refractivity contribution in [2.75, 3.05) is 19.6 Å². The van der Waals surface area contributed by atoms with Crippen LogP contribution in [0.4, 0.5) is 45.8 Å². The molecule has 18 aromatic rings. The lowest BCUT2D eigenvalue weighted by atomic mass is 9.61. The molecular formula is C132H124N8. The van der Waals surface area contributed by atoms with E-state index in [4.69, 9.17) is 9.97 Å². The van der Waals surface area contributed by atoms with E-state index in [1.54, 1.807) is 0 Å². The molecule has 14 aromatic carbocycles. The van der Waals surface area contributed by atoms with Gasteiger partial charge in [0.05, 0.1) is 22.2 Å². The molecule has 0 saturated heterocycles. The number of fused-ring (bicyclic) bond motifs is 30. The van der Waals surface area contributed by atoms with Gasteiger partial charge in [0.2, 0.25) is 0 Å². The van der Waals surface area contributed by atoms with E-state index in [0.29, 0.717) is 0 Å². The van der Waals surface area contributed by atoms with Gasteiger partial charge in [0.15, 0.2) is 0 Å². The summed E-state index contributed by atoms with van der Waals surface area (Å²) in [6.45, 7) is 34.3. The second-order valence-corrected chi connectivity index (χ2v) is 46.4. The van der Waals surface area contributed by atoms with E-state index in [-0.39, 0.29) is 54.6 Å². The summed E-state index contributed by atoms with van der Waals surface area (Å²) in [6.07, 6.45) is 27.4. The smallest absolute Gasteiger partial charge is 0.141 e. The largest absolute Gasteiger partial charge is 0.334 e. The van der Waals surface area contributed by atoms with Crippen molar-refractivity contribution in [3.63, 3.8) is 0 Å². The predicted octanol–water partition coefficient (Wildman–Crippen LogP) is 34.7. The Kier molecular flexibility index (Phi) is 18.3. The maximum absolute atomic E-state index is 5.15. The summed E-state index contributed by atoms with van der Waals surface area (Å²) in [5.41, 5.74) is 36.9. The summed E-state index contributed by atoms with van der Waals surface area (Å²) in [6, 6.07) is 108. The Labute approximate surface area is 825 Å². The number of benzene rings is 14. The van der Waals surface area contributed by atoms with E-state index < -0.39 is 0 Å². The first-order valence-electron chi connectivity index (χ1n) is 52.3. The molecule has 28 rings (SSSR count). The van der Waals surface area contributed by atoms with Crippen molar-refractivity contribution < 1.29 is 0 Å². The van der Waals surface area contributed by atoms with Crippen LogP contribution < -0.4 is 19.6 Å². The molecule has 692 valence electrons. The molecule has 0 bridgehead atoms. The summed E-state index contributed by atoms with van der Waals surface area (Å²) >= 11 is 0. The maximum atomic E-state index is 5.15. The molecule has 8 heteroatoms. The fraction of sp³-hybridized carbons (Fsp3) is 0.303. The van der Waals surface area contributed by atoms with Gasteiger partial charge in [-0.05, 0) is 367 Å². The molecule has 4 aromatic heterocycles. The summed E-state index contributed by atoms with van der Waals surface area (Å²) in [4.78, 5) is 30.0. The van der Waals surface area contributed by atoms with Crippen molar-refractivity contribution in [3.05, 3.63) is 360 Å². The second-order valence-electron chi connectivity index (χ2n) is 46.4. The fourth-order valence-corrected chi connectivity index (χ4v) is 30.8. The van der Waals surface area contributed by atoms with Crippen LogP contribution in [0.25, 0.3) is 131 Å². The third-order valence-corrected chi connectivity index (χ3v) is 39.0. The van der Waals surface area contributed by atoms with Crippen molar-refractivity contribution in [2.45, 2.75) is 254 Å². The molecule has 4 aliphatic heterocycles. The molecule has 0 radical (unpaired) electrons. The SMILES string of the molecule is CC1(C)c2cc(-c3ccc4c(c3)C3(C)CCCCC3(C)N4c3nccc4ccccc34)ccc2-c2c1c1ccc(-c3ccc4c(c3)C3(C)CCCCC3(C)N4c3nccc4ccccc34)cc1c1ccccc21.Cc1cc(N2c3ccc(-c4ccc5c(c4)C(C)(C)c4c-5c5ccccc5c5cc(-c6ccc7c(c6)C6(C)CCCCC6(C)N7c6ccnc(C)c6)ccc45)cc3C3(C)CCCCC23C)ccn1. The highest BCUT2D eigenvalue weighted by molar-refractivity contribution is 6.21. The fourth-order valence-electron chi connectivity index (χ4n) is 30.8. The van der Waals surface area contributed by atoms with Gasteiger partial charge in [0, 0.05) is 114 Å². The van der Waals surface area contributed by atoms with Crippen molar-refractivity contribution in [1.82, 2.24) is 19.9 Å². The Morgan fingerprint density at radius 1 is 0.221 bits per heavy atom.